The number of carbonyl (C=O) groups is 2. The Labute approximate surface area is 129 Å². The second-order valence-electron chi connectivity index (χ2n) is 5.39. The predicted octanol–water partition coefficient (Wildman–Crippen LogP) is 2.23. The van der Waals surface area contributed by atoms with Gasteiger partial charge in [-0.15, -0.1) is 0 Å². The summed E-state index contributed by atoms with van der Waals surface area (Å²) in [4.78, 5) is 23.0. The first-order valence-corrected chi connectivity index (χ1v) is 7.31. The maximum Gasteiger partial charge on any atom is 0.306 e. The van der Waals surface area contributed by atoms with E-state index in [9.17, 15) is 14.7 Å². The van der Waals surface area contributed by atoms with Gasteiger partial charge in [0.15, 0.2) is 0 Å². The molecule has 0 unspecified atom stereocenters. The Morgan fingerprint density at radius 3 is 2.77 bits per heavy atom. The molecule has 0 aliphatic carbocycles. The first-order valence-electron chi connectivity index (χ1n) is 7.31. The van der Waals surface area contributed by atoms with Crippen LogP contribution in [0.4, 0.5) is 0 Å². The summed E-state index contributed by atoms with van der Waals surface area (Å²) < 4.78 is 10.5. The van der Waals surface area contributed by atoms with E-state index in [0.717, 1.165) is 11.8 Å². The first kappa shape index (κ1) is 16.1. The van der Waals surface area contributed by atoms with Gasteiger partial charge >= 0.3 is 5.97 Å². The summed E-state index contributed by atoms with van der Waals surface area (Å²) in [5.74, 6) is -0.618. The summed E-state index contributed by atoms with van der Waals surface area (Å²) in [5.41, 5.74) is 0.982. The van der Waals surface area contributed by atoms with E-state index in [1.165, 1.54) is 0 Å². The molecule has 5 heteroatoms. The Kier molecular flexibility index (Phi) is 5.58. The molecule has 0 saturated carbocycles. The van der Waals surface area contributed by atoms with E-state index in [4.69, 9.17) is 9.47 Å². The predicted molar refractivity (Wildman–Crippen MR) is 80.1 cm³/mol. The summed E-state index contributed by atoms with van der Waals surface area (Å²) in [6.07, 6.45) is 4.64. The molecule has 5 nitrogen and oxygen atoms in total. The number of carbonyl (C=O) groups excluding carboxylic acids is 2. The zero-order chi connectivity index (χ0) is 15.9. The number of hydrogen-bond donors (Lipinski definition) is 1. The van der Waals surface area contributed by atoms with E-state index in [-0.39, 0.29) is 42.7 Å². The fraction of sp³-hybridized carbons (Fsp3) is 0.412. The molecule has 0 aromatic heterocycles. The highest BCUT2D eigenvalue weighted by molar-refractivity contribution is 5.71. The Hall–Kier alpha value is -2.30. The van der Waals surface area contributed by atoms with Crippen LogP contribution in [0.2, 0.25) is 0 Å². The summed E-state index contributed by atoms with van der Waals surface area (Å²) in [7, 11) is 0. The van der Waals surface area contributed by atoms with Crippen molar-refractivity contribution in [2.24, 2.45) is 11.8 Å². The van der Waals surface area contributed by atoms with Crippen LogP contribution in [-0.4, -0.2) is 30.1 Å². The SMILES string of the molecule is C[C@@H]1OC=C[C@@H](CC(=O)OCCc2ccc(O)cc2)[C@@H]1C=O. The molecule has 1 aromatic carbocycles. The zero-order valence-electron chi connectivity index (χ0n) is 12.5. The van der Waals surface area contributed by atoms with Crippen LogP contribution < -0.4 is 0 Å². The molecule has 0 fully saturated rings. The van der Waals surface area contributed by atoms with Crippen molar-refractivity contribution in [2.45, 2.75) is 25.9 Å². The van der Waals surface area contributed by atoms with Gasteiger partial charge in [0.05, 0.1) is 25.2 Å². The van der Waals surface area contributed by atoms with Crippen LogP contribution in [-0.2, 0) is 25.5 Å². The maximum absolute atomic E-state index is 11.9. The number of phenols is 1. The fourth-order valence-electron chi connectivity index (χ4n) is 2.45. The van der Waals surface area contributed by atoms with Crippen LogP contribution >= 0.6 is 0 Å². The number of aromatic hydroxyl groups is 1. The topological polar surface area (TPSA) is 72.8 Å². The molecule has 0 radical (unpaired) electrons. The monoisotopic (exact) mass is 304 g/mol. The second-order valence-corrected chi connectivity index (χ2v) is 5.39. The van der Waals surface area contributed by atoms with Crippen molar-refractivity contribution >= 4 is 12.3 Å². The second kappa shape index (κ2) is 7.64. The summed E-state index contributed by atoms with van der Waals surface area (Å²) in [5, 5.41) is 9.19. The molecular formula is C17H20O5. The van der Waals surface area contributed by atoms with Crippen LogP contribution in [0.1, 0.15) is 18.9 Å². The van der Waals surface area contributed by atoms with E-state index in [1.807, 2.05) is 6.92 Å². The minimum absolute atomic E-state index is 0.170. The van der Waals surface area contributed by atoms with Gasteiger partial charge in [-0.2, -0.15) is 0 Å². The van der Waals surface area contributed by atoms with E-state index >= 15 is 0 Å². The average molecular weight is 304 g/mol. The van der Waals surface area contributed by atoms with Crippen molar-refractivity contribution in [3.8, 4) is 5.75 Å². The van der Waals surface area contributed by atoms with Crippen LogP contribution in [0, 0.1) is 11.8 Å². The molecule has 0 spiro atoms. The molecule has 3 atom stereocenters. The molecule has 2 rings (SSSR count). The fourth-order valence-corrected chi connectivity index (χ4v) is 2.45. The van der Waals surface area contributed by atoms with Crippen LogP contribution in [0.5, 0.6) is 5.75 Å². The van der Waals surface area contributed by atoms with Gasteiger partial charge in [0.2, 0.25) is 0 Å². The Morgan fingerprint density at radius 1 is 1.36 bits per heavy atom. The number of rotatable bonds is 6. The quantitative estimate of drug-likeness (QED) is 0.644. The summed E-state index contributed by atoms with van der Waals surface area (Å²) >= 11 is 0. The van der Waals surface area contributed by atoms with Gasteiger partial charge in [0.25, 0.3) is 0 Å². The van der Waals surface area contributed by atoms with Gasteiger partial charge in [-0.25, -0.2) is 0 Å². The van der Waals surface area contributed by atoms with E-state index in [0.29, 0.717) is 6.42 Å². The number of esters is 1. The zero-order valence-corrected chi connectivity index (χ0v) is 12.5. The Balaban J connectivity index is 1.77. The van der Waals surface area contributed by atoms with E-state index in [1.54, 1.807) is 36.6 Å². The Bertz CT molecular complexity index is 534. The molecule has 1 N–H and O–H groups in total. The molecule has 1 aliphatic heterocycles. The van der Waals surface area contributed by atoms with Crippen molar-refractivity contribution in [1.82, 2.24) is 0 Å². The van der Waals surface area contributed by atoms with Crippen molar-refractivity contribution < 1.29 is 24.2 Å². The highest BCUT2D eigenvalue weighted by Gasteiger charge is 2.30. The lowest BCUT2D eigenvalue weighted by atomic mass is 9.85. The number of phenolic OH excluding ortho intramolecular Hbond substituents is 1. The maximum atomic E-state index is 11.9. The van der Waals surface area contributed by atoms with Gasteiger partial charge < -0.3 is 19.4 Å². The van der Waals surface area contributed by atoms with Gasteiger partial charge in [-0.05, 0) is 30.7 Å². The lowest BCUT2D eigenvalue weighted by Crippen LogP contribution is -2.32. The van der Waals surface area contributed by atoms with Crippen LogP contribution in [0.25, 0.3) is 0 Å². The lowest BCUT2D eigenvalue weighted by molar-refractivity contribution is -0.145. The number of hydrogen-bond acceptors (Lipinski definition) is 5. The summed E-state index contributed by atoms with van der Waals surface area (Å²) in [6.45, 7) is 2.09. The molecule has 0 saturated heterocycles. The Morgan fingerprint density at radius 2 is 2.09 bits per heavy atom. The van der Waals surface area contributed by atoms with Gasteiger partial charge in [-0.1, -0.05) is 12.1 Å². The highest BCUT2D eigenvalue weighted by Crippen LogP contribution is 2.26. The van der Waals surface area contributed by atoms with E-state index in [2.05, 4.69) is 0 Å². The van der Waals surface area contributed by atoms with Gasteiger partial charge in [0.1, 0.15) is 18.1 Å². The number of aldehydes is 1. The summed E-state index contributed by atoms with van der Waals surface area (Å²) in [6, 6.07) is 6.77. The van der Waals surface area contributed by atoms with Crippen molar-refractivity contribution in [1.29, 1.82) is 0 Å². The molecule has 118 valence electrons. The molecule has 22 heavy (non-hydrogen) atoms. The third-order valence-electron chi connectivity index (χ3n) is 3.81. The molecule has 0 amide bonds. The standard InChI is InChI=1S/C17H20O5/c1-12-16(11-18)14(7-9-21-12)10-17(20)22-8-6-13-2-4-15(19)5-3-13/h2-5,7,9,11-12,14,16,19H,6,8,10H2,1H3/t12-,14-,16+/m0/s1. The lowest BCUT2D eigenvalue weighted by Gasteiger charge is -2.28. The molecule has 0 bridgehead atoms. The highest BCUT2D eigenvalue weighted by atomic mass is 16.5. The average Bonchev–Trinajstić information content (AvgIpc) is 2.49. The molecular weight excluding hydrogens is 284 g/mol. The molecule has 1 aromatic rings. The number of benzene rings is 1. The smallest absolute Gasteiger partial charge is 0.306 e. The number of allylic oxidation sites excluding steroid dienone is 1. The largest absolute Gasteiger partial charge is 0.508 e. The van der Waals surface area contributed by atoms with Gasteiger partial charge in [0, 0.05) is 12.3 Å². The minimum atomic E-state index is -0.325. The third kappa shape index (κ3) is 4.35. The van der Waals surface area contributed by atoms with E-state index < -0.39 is 0 Å². The normalized spacial score (nSPS) is 23.6. The minimum Gasteiger partial charge on any atom is -0.508 e. The van der Waals surface area contributed by atoms with Crippen molar-refractivity contribution in [3.05, 3.63) is 42.2 Å². The van der Waals surface area contributed by atoms with Crippen LogP contribution in [0.3, 0.4) is 0 Å². The van der Waals surface area contributed by atoms with Crippen molar-refractivity contribution in [2.75, 3.05) is 6.61 Å². The van der Waals surface area contributed by atoms with Gasteiger partial charge in [-0.3, -0.25) is 4.79 Å². The molecule has 1 aliphatic rings. The number of ether oxygens (including phenoxy) is 2. The molecule has 1 heterocycles. The third-order valence-corrected chi connectivity index (χ3v) is 3.81. The van der Waals surface area contributed by atoms with Crippen LogP contribution in [0.15, 0.2) is 36.6 Å². The first-order chi connectivity index (χ1) is 10.6. The van der Waals surface area contributed by atoms with Crippen molar-refractivity contribution in [3.63, 3.8) is 0 Å².